The van der Waals surface area contributed by atoms with Crippen molar-refractivity contribution in [2.45, 2.75) is 65.0 Å². The molecule has 1 unspecified atom stereocenters. The van der Waals surface area contributed by atoms with Gasteiger partial charge in [-0.1, -0.05) is 26.0 Å². The smallest absolute Gasteiger partial charge is 0.479 e. The lowest BCUT2D eigenvalue weighted by Gasteiger charge is -2.43. The van der Waals surface area contributed by atoms with Gasteiger partial charge in [0.2, 0.25) is 5.91 Å². The summed E-state index contributed by atoms with van der Waals surface area (Å²) in [6, 6.07) is 5.21. The van der Waals surface area contributed by atoms with Crippen LogP contribution in [0.15, 0.2) is 24.3 Å². The van der Waals surface area contributed by atoms with Gasteiger partial charge in [0.1, 0.15) is 11.9 Å². The SMILES string of the molecule is CC1(C)OCC(C)(C)[C@H](C(=O)O)O1.NCCC(O)C(=O)NCc1cccc(OC(F)(F)F)c1. The highest BCUT2D eigenvalue weighted by atomic mass is 19.4. The molecule has 0 spiro atoms. The van der Waals surface area contributed by atoms with Crippen LogP contribution in [0.25, 0.3) is 0 Å². The van der Waals surface area contributed by atoms with Gasteiger partial charge in [-0.25, -0.2) is 4.79 Å². The Balaban J connectivity index is 0.000000361. The molecular weight excluding hydrogens is 449 g/mol. The van der Waals surface area contributed by atoms with Crippen molar-refractivity contribution in [2.75, 3.05) is 13.2 Å². The van der Waals surface area contributed by atoms with Gasteiger partial charge in [0.05, 0.1) is 6.61 Å². The van der Waals surface area contributed by atoms with E-state index in [0.717, 1.165) is 12.1 Å². The fourth-order valence-electron chi connectivity index (χ4n) is 2.75. The summed E-state index contributed by atoms with van der Waals surface area (Å²) in [6.07, 6.45) is -6.67. The summed E-state index contributed by atoms with van der Waals surface area (Å²) in [4.78, 5) is 22.3. The van der Waals surface area contributed by atoms with Gasteiger partial charge in [-0.2, -0.15) is 0 Å². The van der Waals surface area contributed by atoms with Crippen molar-refractivity contribution in [3.63, 3.8) is 0 Å². The number of halogens is 3. The van der Waals surface area contributed by atoms with Crippen LogP contribution in [-0.2, 0) is 25.6 Å². The van der Waals surface area contributed by atoms with Crippen LogP contribution in [0.3, 0.4) is 0 Å². The van der Waals surface area contributed by atoms with Crippen LogP contribution < -0.4 is 15.8 Å². The predicted octanol–water partition coefficient (Wildman–Crippen LogP) is 2.16. The number of carboxylic acid groups (broad SMARTS) is 1. The lowest BCUT2D eigenvalue weighted by Crippen LogP contribution is -2.53. The topological polar surface area (TPSA) is 140 Å². The second-order valence-electron chi connectivity index (χ2n) is 8.52. The Bertz CT molecular complexity index is 800. The summed E-state index contributed by atoms with van der Waals surface area (Å²) < 4.78 is 50.6. The first kappa shape index (κ1) is 28.6. The Morgan fingerprint density at radius 3 is 2.45 bits per heavy atom. The number of amides is 1. The number of carbonyl (C=O) groups is 2. The molecule has 12 heteroatoms. The Kier molecular flexibility index (Phi) is 10.1. The largest absolute Gasteiger partial charge is 0.573 e. The van der Waals surface area contributed by atoms with Crippen LogP contribution in [0.1, 0.15) is 39.7 Å². The quantitative estimate of drug-likeness (QED) is 0.466. The molecule has 0 bridgehead atoms. The molecule has 1 aromatic carbocycles. The maximum atomic E-state index is 12.0. The molecule has 0 aromatic heterocycles. The van der Waals surface area contributed by atoms with Crippen molar-refractivity contribution in [1.82, 2.24) is 5.32 Å². The monoisotopic (exact) mass is 480 g/mol. The van der Waals surface area contributed by atoms with Gasteiger partial charge >= 0.3 is 12.3 Å². The number of alkyl halides is 3. The molecule has 0 radical (unpaired) electrons. The standard InChI is InChI=1S/C12H15F3N2O3.C9H16O4/c13-12(14,15)20-9-3-1-2-8(6-9)7-17-11(19)10(18)4-5-16;1-8(2)5-12-9(3,4)13-6(8)7(10)11/h1-3,6,10,18H,4-5,7,16H2,(H,17,19);6H,5H2,1-4H3,(H,10,11)/t;6-/m.0/s1. The average molecular weight is 480 g/mol. The lowest BCUT2D eigenvalue weighted by molar-refractivity contribution is -0.307. The Labute approximate surface area is 190 Å². The van der Waals surface area contributed by atoms with Crippen molar-refractivity contribution in [3.8, 4) is 5.75 Å². The number of nitrogens with two attached hydrogens (primary N) is 1. The van der Waals surface area contributed by atoms with Gasteiger partial charge in [-0.15, -0.1) is 13.2 Å². The van der Waals surface area contributed by atoms with Crippen molar-refractivity contribution >= 4 is 11.9 Å². The molecule has 2 rings (SSSR count). The number of rotatable bonds is 7. The number of nitrogens with one attached hydrogen (secondary N) is 1. The molecule has 0 saturated carbocycles. The molecule has 1 heterocycles. The number of aliphatic hydroxyl groups excluding tert-OH is 1. The third-order valence-electron chi connectivity index (χ3n) is 4.47. The van der Waals surface area contributed by atoms with E-state index >= 15 is 0 Å². The zero-order chi connectivity index (χ0) is 25.4. The Hall–Kier alpha value is -2.41. The van der Waals surface area contributed by atoms with Gasteiger partial charge in [-0.3, -0.25) is 4.79 Å². The van der Waals surface area contributed by atoms with E-state index in [1.807, 2.05) is 13.8 Å². The van der Waals surface area contributed by atoms with E-state index in [9.17, 15) is 27.9 Å². The van der Waals surface area contributed by atoms with Crippen LogP contribution in [-0.4, -0.2) is 59.6 Å². The van der Waals surface area contributed by atoms with Crippen molar-refractivity contribution < 1.29 is 47.2 Å². The molecule has 1 aromatic rings. The van der Waals surface area contributed by atoms with Crippen LogP contribution >= 0.6 is 0 Å². The summed E-state index contributed by atoms with van der Waals surface area (Å²) in [5.74, 6) is -2.72. The van der Waals surface area contributed by atoms with Gasteiger partial charge in [-0.05, 0) is 44.5 Å². The second-order valence-corrected chi connectivity index (χ2v) is 8.52. The zero-order valence-electron chi connectivity index (χ0n) is 18.9. The number of carboxylic acids is 1. The molecule has 0 aliphatic carbocycles. The van der Waals surface area contributed by atoms with E-state index < -0.39 is 41.6 Å². The number of benzene rings is 1. The maximum Gasteiger partial charge on any atom is 0.573 e. The highest BCUT2D eigenvalue weighted by Gasteiger charge is 2.45. The van der Waals surface area contributed by atoms with Gasteiger partial charge in [0.25, 0.3) is 0 Å². The molecule has 2 atom stereocenters. The number of hydrogen-bond donors (Lipinski definition) is 4. The Morgan fingerprint density at radius 2 is 1.94 bits per heavy atom. The first-order chi connectivity index (χ1) is 15.1. The van der Waals surface area contributed by atoms with E-state index in [1.54, 1.807) is 13.8 Å². The Morgan fingerprint density at radius 1 is 1.30 bits per heavy atom. The first-order valence-corrected chi connectivity index (χ1v) is 10.1. The highest BCUT2D eigenvalue weighted by molar-refractivity contribution is 5.80. The summed E-state index contributed by atoms with van der Waals surface area (Å²) in [6.45, 7) is 7.62. The molecule has 188 valence electrons. The van der Waals surface area contributed by atoms with E-state index in [2.05, 4.69) is 10.1 Å². The van der Waals surface area contributed by atoms with Gasteiger partial charge < -0.3 is 35.5 Å². The number of aliphatic carboxylic acids is 1. The van der Waals surface area contributed by atoms with E-state index in [-0.39, 0.29) is 25.3 Å². The molecule has 1 aliphatic rings. The van der Waals surface area contributed by atoms with Crippen molar-refractivity contribution in [1.29, 1.82) is 0 Å². The van der Waals surface area contributed by atoms with Crippen LogP contribution in [0.2, 0.25) is 0 Å². The molecule has 1 aliphatic heterocycles. The molecule has 1 fully saturated rings. The third kappa shape index (κ3) is 10.4. The molecule has 1 amide bonds. The van der Waals surface area contributed by atoms with Gasteiger partial charge in [0.15, 0.2) is 11.9 Å². The van der Waals surface area contributed by atoms with E-state index in [4.69, 9.17) is 20.3 Å². The van der Waals surface area contributed by atoms with Gasteiger partial charge in [0, 0.05) is 12.0 Å². The summed E-state index contributed by atoms with van der Waals surface area (Å²) in [5.41, 5.74) is 5.14. The number of carbonyl (C=O) groups excluding carboxylic acids is 1. The molecule has 5 N–H and O–H groups in total. The number of aliphatic hydroxyl groups is 1. The lowest BCUT2D eigenvalue weighted by atomic mass is 9.86. The minimum absolute atomic E-state index is 0.0183. The van der Waals surface area contributed by atoms with Crippen molar-refractivity contribution in [2.24, 2.45) is 11.1 Å². The minimum atomic E-state index is -4.76. The van der Waals surface area contributed by atoms with Crippen LogP contribution in [0, 0.1) is 5.41 Å². The first-order valence-electron chi connectivity index (χ1n) is 10.1. The highest BCUT2D eigenvalue weighted by Crippen LogP contribution is 2.34. The summed E-state index contributed by atoms with van der Waals surface area (Å²) in [5, 5.41) is 20.7. The normalized spacial score (nSPS) is 20.1. The summed E-state index contributed by atoms with van der Waals surface area (Å²) >= 11 is 0. The molecule has 1 saturated heterocycles. The molecular formula is C21H31F3N2O7. The second kappa shape index (κ2) is 11.6. The fraction of sp³-hybridized carbons (Fsp3) is 0.619. The molecule has 33 heavy (non-hydrogen) atoms. The minimum Gasteiger partial charge on any atom is -0.479 e. The number of hydrogen-bond acceptors (Lipinski definition) is 7. The van der Waals surface area contributed by atoms with E-state index in [1.165, 1.54) is 12.1 Å². The van der Waals surface area contributed by atoms with Crippen LogP contribution in [0.4, 0.5) is 13.2 Å². The third-order valence-corrected chi connectivity index (χ3v) is 4.47. The zero-order valence-corrected chi connectivity index (χ0v) is 18.9. The average Bonchev–Trinajstić information content (AvgIpc) is 2.68. The van der Waals surface area contributed by atoms with E-state index in [0.29, 0.717) is 12.2 Å². The van der Waals surface area contributed by atoms with Crippen molar-refractivity contribution in [3.05, 3.63) is 29.8 Å². The summed E-state index contributed by atoms with van der Waals surface area (Å²) in [7, 11) is 0. The molecule has 9 nitrogen and oxygen atoms in total. The van der Waals surface area contributed by atoms with Crippen LogP contribution in [0.5, 0.6) is 5.75 Å². The predicted molar refractivity (Wildman–Crippen MR) is 111 cm³/mol. The number of ether oxygens (including phenoxy) is 3. The fourth-order valence-corrected chi connectivity index (χ4v) is 2.75. The maximum absolute atomic E-state index is 12.0.